The molecular formula is C15H18F6O2. The summed E-state index contributed by atoms with van der Waals surface area (Å²) in [6, 6.07) is 1.83. The van der Waals surface area contributed by atoms with Crippen LogP contribution < -0.4 is 4.74 Å². The molecule has 0 aliphatic carbocycles. The van der Waals surface area contributed by atoms with E-state index in [1.54, 1.807) is 0 Å². The smallest absolute Gasteiger partial charge is 0.419 e. The Labute approximate surface area is 130 Å². The van der Waals surface area contributed by atoms with Gasteiger partial charge in [-0.25, -0.2) is 0 Å². The van der Waals surface area contributed by atoms with Gasteiger partial charge >= 0.3 is 12.4 Å². The Bertz CT molecular complexity index is 463. The highest BCUT2D eigenvalue weighted by atomic mass is 19.4. The molecule has 1 atom stereocenters. The largest absolute Gasteiger partial charge is 0.490 e. The van der Waals surface area contributed by atoms with Crippen LogP contribution in [0.3, 0.4) is 0 Å². The van der Waals surface area contributed by atoms with E-state index in [1.165, 1.54) is 0 Å². The second-order valence-corrected chi connectivity index (χ2v) is 5.11. The molecule has 1 rings (SSSR count). The zero-order valence-electron chi connectivity index (χ0n) is 12.7. The van der Waals surface area contributed by atoms with Gasteiger partial charge in [-0.15, -0.1) is 0 Å². The molecule has 8 heteroatoms. The molecule has 132 valence electrons. The van der Waals surface area contributed by atoms with Gasteiger partial charge in [-0.1, -0.05) is 26.3 Å². The Hall–Kier alpha value is -1.44. The summed E-state index contributed by atoms with van der Waals surface area (Å²) in [5, 5.41) is 0. The number of hydrogen-bond acceptors (Lipinski definition) is 2. The number of halogens is 6. The van der Waals surface area contributed by atoms with Crippen LogP contribution in [0.2, 0.25) is 0 Å². The molecule has 0 spiro atoms. The molecular weight excluding hydrogens is 326 g/mol. The van der Waals surface area contributed by atoms with E-state index < -0.39 is 35.8 Å². The first-order valence-corrected chi connectivity index (χ1v) is 7.05. The van der Waals surface area contributed by atoms with Crippen molar-refractivity contribution in [1.29, 1.82) is 0 Å². The molecule has 0 fully saturated rings. The lowest BCUT2D eigenvalue weighted by Gasteiger charge is -2.19. The minimum absolute atomic E-state index is 0.0895. The van der Waals surface area contributed by atoms with Crippen molar-refractivity contribution in [2.45, 2.75) is 32.6 Å². The van der Waals surface area contributed by atoms with Crippen LogP contribution in [-0.4, -0.2) is 19.8 Å². The number of benzene rings is 1. The zero-order valence-corrected chi connectivity index (χ0v) is 12.7. The summed E-state index contributed by atoms with van der Waals surface area (Å²) in [4.78, 5) is 0. The van der Waals surface area contributed by atoms with Gasteiger partial charge in [0, 0.05) is 6.61 Å². The maximum Gasteiger partial charge on any atom is 0.419 e. The second-order valence-electron chi connectivity index (χ2n) is 5.11. The van der Waals surface area contributed by atoms with Gasteiger partial charge in [0.1, 0.15) is 12.4 Å². The number of alkyl halides is 6. The van der Waals surface area contributed by atoms with Crippen LogP contribution in [0.1, 0.15) is 31.4 Å². The lowest BCUT2D eigenvalue weighted by Crippen LogP contribution is -2.18. The molecule has 1 aromatic rings. The molecule has 2 nitrogen and oxygen atoms in total. The molecule has 0 aliphatic rings. The minimum Gasteiger partial charge on any atom is -0.490 e. The van der Waals surface area contributed by atoms with Crippen molar-refractivity contribution in [1.82, 2.24) is 0 Å². The van der Waals surface area contributed by atoms with Crippen LogP contribution in [0.4, 0.5) is 26.3 Å². The fourth-order valence-corrected chi connectivity index (χ4v) is 1.74. The highest BCUT2D eigenvalue weighted by Gasteiger charge is 2.41. The summed E-state index contributed by atoms with van der Waals surface area (Å²) in [5.74, 6) is -0.956. The number of para-hydroxylation sites is 1. The van der Waals surface area contributed by atoms with E-state index in [4.69, 9.17) is 9.47 Å². The van der Waals surface area contributed by atoms with Crippen molar-refractivity contribution in [3.63, 3.8) is 0 Å². The Kier molecular flexibility index (Phi) is 6.73. The molecule has 1 aromatic carbocycles. The third kappa shape index (κ3) is 5.93. The van der Waals surface area contributed by atoms with Gasteiger partial charge in [0.05, 0.1) is 17.7 Å². The topological polar surface area (TPSA) is 18.5 Å². The Morgan fingerprint density at radius 2 is 1.48 bits per heavy atom. The van der Waals surface area contributed by atoms with Gasteiger partial charge in [-0.2, -0.15) is 26.3 Å². The predicted molar refractivity (Wildman–Crippen MR) is 72.2 cm³/mol. The van der Waals surface area contributed by atoms with Crippen LogP contribution in [-0.2, 0) is 17.1 Å². The molecule has 23 heavy (non-hydrogen) atoms. The fourth-order valence-electron chi connectivity index (χ4n) is 1.74. The molecule has 0 aromatic heterocycles. The van der Waals surface area contributed by atoms with Crippen molar-refractivity contribution in [2.75, 3.05) is 19.8 Å². The van der Waals surface area contributed by atoms with Crippen LogP contribution in [0.5, 0.6) is 5.75 Å². The lowest BCUT2D eigenvalue weighted by atomic mass is 10.1. The van der Waals surface area contributed by atoms with Crippen molar-refractivity contribution in [3.8, 4) is 5.75 Å². The van der Waals surface area contributed by atoms with E-state index in [0.29, 0.717) is 24.8 Å². The summed E-state index contributed by atoms with van der Waals surface area (Å²) in [7, 11) is 0. The van der Waals surface area contributed by atoms with E-state index in [0.717, 1.165) is 6.42 Å². The minimum atomic E-state index is -4.94. The molecule has 0 aliphatic heterocycles. The lowest BCUT2D eigenvalue weighted by molar-refractivity contribution is -0.145. The van der Waals surface area contributed by atoms with Crippen LogP contribution >= 0.6 is 0 Å². The molecule has 0 bridgehead atoms. The first-order valence-electron chi connectivity index (χ1n) is 7.05. The maximum atomic E-state index is 12.9. The Morgan fingerprint density at radius 3 is 1.91 bits per heavy atom. The van der Waals surface area contributed by atoms with Crippen LogP contribution in [0.15, 0.2) is 18.2 Å². The van der Waals surface area contributed by atoms with Gasteiger partial charge < -0.3 is 9.47 Å². The third-order valence-corrected chi connectivity index (χ3v) is 3.20. The maximum absolute atomic E-state index is 12.9. The Morgan fingerprint density at radius 1 is 0.957 bits per heavy atom. The SMILES string of the molecule is CCC(C)COCCOc1c(C(F)(F)F)cccc1C(F)(F)F. The average Bonchev–Trinajstić information content (AvgIpc) is 2.44. The molecule has 0 radical (unpaired) electrons. The van der Waals surface area contributed by atoms with E-state index in [9.17, 15) is 26.3 Å². The predicted octanol–water partition coefficient (Wildman–Crippen LogP) is 5.17. The quantitative estimate of drug-likeness (QED) is 0.502. The van der Waals surface area contributed by atoms with Gasteiger partial charge in [0.2, 0.25) is 0 Å². The van der Waals surface area contributed by atoms with Gasteiger partial charge in [0.15, 0.2) is 0 Å². The van der Waals surface area contributed by atoms with Gasteiger partial charge in [0.25, 0.3) is 0 Å². The monoisotopic (exact) mass is 344 g/mol. The average molecular weight is 344 g/mol. The summed E-state index contributed by atoms with van der Waals surface area (Å²) in [6.07, 6.45) is -9.02. The fraction of sp³-hybridized carbons (Fsp3) is 0.600. The van der Waals surface area contributed by atoms with E-state index in [-0.39, 0.29) is 12.5 Å². The highest BCUT2D eigenvalue weighted by Crippen LogP contribution is 2.43. The van der Waals surface area contributed by atoms with Gasteiger partial charge in [-0.05, 0) is 18.1 Å². The number of hydrogen-bond donors (Lipinski definition) is 0. The molecule has 0 amide bonds. The summed E-state index contributed by atoms with van der Waals surface area (Å²) in [5.41, 5.74) is -2.90. The third-order valence-electron chi connectivity index (χ3n) is 3.20. The first-order chi connectivity index (χ1) is 10.6. The molecule has 0 saturated heterocycles. The zero-order chi connectivity index (χ0) is 17.7. The highest BCUT2D eigenvalue weighted by molar-refractivity contribution is 5.44. The molecule has 0 saturated carbocycles. The van der Waals surface area contributed by atoms with E-state index >= 15 is 0 Å². The van der Waals surface area contributed by atoms with E-state index in [2.05, 4.69) is 0 Å². The molecule has 0 N–H and O–H groups in total. The normalized spacial score (nSPS) is 13.9. The van der Waals surface area contributed by atoms with Crippen LogP contribution in [0.25, 0.3) is 0 Å². The summed E-state index contributed by atoms with van der Waals surface area (Å²) in [6.45, 7) is 3.74. The second kappa shape index (κ2) is 7.90. The Balaban J connectivity index is 2.86. The van der Waals surface area contributed by atoms with Crippen molar-refractivity contribution >= 4 is 0 Å². The van der Waals surface area contributed by atoms with Crippen molar-refractivity contribution in [2.24, 2.45) is 5.92 Å². The van der Waals surface area contributed by atoms with Crippen molar-refractivity contribution < 1.29 is 35.8 Å². The van der Waals surface area contributed by atoms with Gasteiger partial charge in [-0.3, -0.25) is 0 Å². The summed E-state index contributed by atoms with van der Waals surface area (Å²) >= 11 is 0. The van der Waals surface area contributed by atoms with E-state index in [1.807, 2.05) is 13.8 Å². The standard InChI is InChI=1S/C15H18F6O2/c1-3-10(2)9-22-7-8-23-13-11(14(16,17)18)5-4-6-12(13)15(19,20)21/h4-6,10H,3,7-9H2,1-2H3. The summed E-state index contributed by atoms with van der Waals surface area (Å²) < 4.78 is 87.1. The molecule has 1 unspecified atom stereocenters. The van der Waals surface area contributed by atoms with Crippen molar-refractivity contribution in [3.05, 3.63) is 29.3 Å². The first kappa shape index (κ1) is 19.6. The van der Waals surface area contributed by atoms with Crippen LogP contribution in [0, 0.1) is 5.92 Å². The number of ether oxygens (including phenoxy) is 2. The molecule has 0 heterocycles. The number of rotatable bonds is 7.